The van der Waals surface area contributed by atoms with E-state index in [9.17, 15) is 8.42 Å². The fraction of sp³-hybridized carbons (Fsp3) is 1.00. The van der Waals surface area contributed by atoms with Crippen molar-refractivity contribution in [3.8, 4) is 0 Å². The molecule has 3 nitrogen and oxygen atoms in total. The molecule has 0 aromatic heterocycles. The molecule has 18 heavy (non-hydrogen) atoms. The molecule has 0 aliphatic carbocycles. The van der Waals surface area contributed by atoms with Gasteiger partial charge in [-0.2, -0.15) is 0 Å². The highest BCUT2D eigenvalue weighted by Crippen LogP contribution is 2.20. The predicted octanol–water partition coefficient (Wildman–Crippen LogP) is 3.01. The normalized spacial score (nSPS) is 14.1. The predicted molar refractivity (Wildman–Crippen MR) is 79.7 cm³/mol. The van der Waals surface area contributed by atoms with Gasteiger partial charge < -0.3 is 5.32 Å². The van der Waals surface area contributed by atoms with Crippen LogP contribution in [0.3, 0.4) is 0 Å². The fourth-order valence-corrected chi connectivity index (χ4v) is 3.15. The second kappa shape index (κ2) is 9.79. The van der Waals surface area contributed by atoms with Crippen molar-refractivity contribution < 1.29 is 8.42 Å². The van der Waals surface area contributed by atoms with Gasteiger partial charge in [-0.1, -0.05) is 33.6 Å². The Morgan fingerprint density at radius 2 is 1.50 bits per heavy atom. The maximum atomic E-state index is 11.3. The monoisotopic (exact) mass is 277 g/mol. The first kappa shape index (κ1) is 17.9. The van der Waals surface area contributed by atoms with Gasteiger partial charge in [-0.25, -0.2) is 8.42 Å². The maximum absolute atomic E-state index is 11.3. The Balaban J connectivity index is 4.49. The van der Waals surface area contributed by atoms with Gasteiger partial charge in [0.25, 0.3) is 0 Å². The van der Waals surface area contributed by atoms with Crippen LogP contribution in [0, 0.1) is 5.92 Å². The average Bonchev–Trinajstić information content (AvgIpc) is 2.28. The van der Waals surface area contributed by atoms with Crippen molar-refractivity contribution >= 4 is 9.84 Å². The molecule has 1 N–H and O–H groups in total. The third kappa shape index (κ3) is 8.92. The van der Waals surface area contributed by atoms with E-state index in [-0.39, 0.29) is 0 Å². The molecule has 0 aromatic rings. The molecule has 110 valence electrons. The van der Waals surface area contributed by atoms with Crippen LogP contribution < -0.4 is 5.32 Å². The van der Waals surface area contributed by atoms with Crippen molar-refractivity contribution in [3.05, 3.63) is 0 Å². The molecule has 1 atom stereocenters. The Bertz CT molecular complexity index is 282. The minimum Gasteiger partial charge on any atom is -0.314 e. The second-order valence-corrected chi connectivity index (χ2v) is 7.58. The molecule has 0 bridgehead atoms. The molecular formula is C14H31NO2S. The van der Waals surface area contributed by atoms with E-state index in [0.717, 1.165) is 19.4 Å². The van der Waals surface area contributed by atoms with E-state index in [1.165, 1.54) is 31.9 Å². The zero-order chi connectivity index (χ0) is 14.0. The van der Waals surface area contributed by atoms with Crippen molar-refractivity contribution in [1.29, 1.82) is 0 Å². The topological polar surface area (TPSA) is 46.2 Å². The van der Waals surface area contributed by atoms with E-state index in [2.05, 4.69) is 26.1 Å². The van der Waals surface area contributed by atoms with Gasteiger partial charge in [0.1, 0.15) is 9.84 Å². The third-order valence-corrected chi connectivity index (χ3v) is 4.32. The van der Waals surface area contributed by atoms with E-state index in [1.807, 2.05) is 0 Å². The Morgan fingerprint density at radius 1 is 0.944 bits per heavy atom. The van der Waals surface area contributed by atoms with Crippen molar-refractivity contribution in [1.82, 2.24) is 5.32 Å². The third-order valence-electron chi connectivity index (χ3n) is 3.34. The standard InChI is InChI=1S/C14H31NO2S/c1-5-8-13(9-6-2)14(15-11-7-3)10-12-18(4,16)17/h13-15H,5-12H2,1-4H3. The van der Waals surface area contributed by atoms with Crippen molar-refractivity contribution in [3.63, 3.8) is 0 Å². The highest BCUT2D eigenvalue weighted by atomic mass is 32.2. The molecule has 0 saturated carbocycles. The number of nitrogens with one attached hydrogen (secondary N) is 1. The summed E-state index contributed by atoms with van der Waals surface area (Å²) < 4.78 is 22.6. The molecule has 1 unspecified atom stereocenters. The summed E-state index contributed by atoms with van der Waals surface area (Å²) in [4.78, 5) is 0. The van der Waals surface area contributed by atoms with Crippen molar-refractivity contribution in [2.24, 2.45) is 5.92 Å². The summed E-state index contributed by atoms with van der Waals surface area (Å²) in [5.41, 5.74) is 0. The van der Waals surface area contributed by atoms with Gasteiger partial charge >= 0.3 is 0 Å². The molecule has 0 radical (unpaired) electrons. The van der Waals surface area contributed by atoms with E-state index < -0.39 is 9.84 Å². The summed E-state index contributed by atoms with van der Waals surface area (Å²) in [5.74, 6) is 0.923. The summed E-state index contributed by atoms with van der Waals surface area (Å²) in [6.07, 6.45) is 7.92. The van der Waals surface area contributed by atoms with E-state index in [1.54, 1.807) is 0 Å². The largest absolute Gasteiger partial charge is 0.314 e. The highest BCUT2D eigenvalue weighted by molar-refractivity contribution is 7.90. The lowest BCUT2D eigenvalue weighted by Gasteiger charge is -2.28. The lowest BCUT2D eigenvalue weighted by molar-refractivity contribution is 0.304. The molecule has 0 aliphatic heterocycles. The van der Waals surface area contributed by atoms with Crippen LogP contribution in [-0.2, 0) is 9.84 Å². The Labute approximate surface area is 114 Å². The zero-order valence-corrected chi connectivity index (χ0v) is 13.4. The summed E-state index contributed by atoms with van der Waals surface area (Å²) in [5, 5.41) is 3.55. The van der Waals surface area contributed by atoms with E-state index >= 15 is 0 Å². The van der Waals surface area contributed by atoms with Gasteiger partial charge in [-0.15, -0.1) is 0 Å². The van der Waals surface area contributed by atoms with Crippen LogP contribution in [0.2, 0.25) is 0 Å². The van der Waals surface area contributed by atoms with Crippen LogP contribution in [0.1, 0.15) is 59.3 Å². The average molecular weight is 277 g/mol. The van der Waals surface area contributed by atoms with Gasteiger partial charge in [-0.3, -0.25) is 0 Å². The summed E-state index contributed by atoms with van der Waals surface area (Å²) in [7, 11) is -2.85. The molecule has 0 fully saturated rings. The maximum Gasteiger partial charge on any atom is 0.147 e. The fourth-order valence-electron chi connectivity index (χ4n) is 2.46. The quantitative estimate of drug-likeness (QED) is 0.631. The molecule has 0 aromatic carbocycles. The molecule has 0 amide bonds. The number of hydrogen-bond donors (Lipinski definition) is 1. The van der Waals surface area contributed by atoms with Crippen LogP contribution in [0.4, 0.5) is 0 Å². The Morgan fingerprint density at radius 3 is 1.89 bits per heavy atom. The van der Waals surface area contributed by atoms with Crippen molar-refractivity contribution in [2.45, 2.75) is 65.3 Å². The van der Waals surface area contributed by atoms with E-state index in [4.69, 9.17) is 0 Å². The van der Waals surface area contributed by atoms with Crippen LogP contribution in [0.5, 0.6) is 0 Å². The Hall–Kier alpha value is -0.0900. The molecule has 0 heterocycles. The first-order valence-corrected chi connectivity index (χ1v) is 9.41. The van der Waals surface area contributed by atoms with E-state index in [0.29, 0.717) is 17.7 Å². The molecular weight excluding hydrogens is 246 g/mol. The van der Waals surface area contributed by atoms with Gasteiger partial charge in [0, 0.05) is 12.3 Å². The van der Waals surface area contributed by atoms with Crippen LogP contribution in [0.25, 0.3) is 0 Å². The number of rotatable bonds is 11. The van der Waals surface area contributed by atoms with Gasteiger partial charge in [-0.05, 0) is 38.1 Å². The van der Waals surface area contributed by atoms with Crippen LogP contribution in [-0.4, -0.2) is 33.0 Å². The number of sulfone groups is 1. The smallest absolute Gasteiger partial charge is 0.147 e. The minimum atomic E-state index is -2.85. The molecule has 0 rings (SSSR count). The minimum absolute atomic E-state index is 0.304. The SMILES string of the molecule is CCCNC(CCS(C)(=O)=O)C(CCC)CCC. The lowest BCUT2D eigenvalue weighted by Crippen LogP contribution is -2.38. The van der Waals surface area contributed by atoms with Gasteiger partial charge in [0.15, 0.2) is 0 Å². The highest BCUT2D eigenvalue weighted by Gasteiger charge is 2.20. The summed E-state index contributed by atoms with van der Waals surface area (Å²) >= 11 is 0. The van der Waals surface area contributed by atoms with Gasteiger partial charge in [0.2, 0.25) is 0 Å². The Kier molecular flexibility index (Phi) is 9.74. The van der Waals surface area contributed by atoms with Crippen LogP contribution >= 0.6 is 0 Å². The van der Waals surface area contributed by atoms with Gasteiger partial charge in [0.05, 0.1) is 5.75 Å². The first-order chi connectivity index (χ1) is 8.44. The molecule has 4 heteroatoms. The lowest BCUT2D eigenvalue weighted by atomic mass is 9.89. The first-order valence-electron chi connectivity index (χ1n) is 7.35. The van der Waals surface area contributed by atoms with Crippen molar-refractivity contribution in [2.75, 3.05) is 18.6 Å². The molecule has 0 saturated heterocycles. The summed E-state index contributed by atoms with van der Waals surface area (Å²) in [6.45, 7) is 7.54. The zero-order valence-electron chi connectivity index (χ0n) is 12.5. The van der Waals surface area contributed by atoms with Crippen LogP contribution in [0.15, 0.2) is 0 Å². The second-order valence-electron chi connectivity index (χ2n) is 5.32. The molecule has 0 spiro atoms. The summed E-state index contributed by atoms with van der Waals surface area (Å²) in [6, 6.07) is 0.361. The molecule has 0 aliphatic rings. The number of hydrogen-bond acceptors (Lipinski definition) is 3.